The second-order valence-corrected chi connectivity index (χ2v) is 6.20. The molecule has 0 heterocycles. The summed E-state index contributed by atoms with van der Waals surface area (Å²) in [6.07, 6.45) is 0. The van der Waals surface area contributed by atoms with Crippen LogP contribution in [0.15, 0.2) is 36.4 Å². The lowest BCUT2D eigenvalue weighted by Crippen LogP contribution is -2.11. The molecule has 0 atom stereocenters. The predicted octanol–water partition coefficient (Wildman–Crippen LogP) is 4.54. The van der Waals surface area contributed by atoms with E-state index >= 15 is 0 Å². The first kappa shape index (κ1) is 14.9. The van der Waals surface area contributed by atoms with Gasteiger partial charge in [-0.15, -0.1) is 0 Å². The molecule has 108 valence electrons. The van der Waals surface area contributed by atoms with Crippen molar-refractivity contribution in [2.75, 3.05) is 5.73 Å². The Balaban J connectivity index is 2.35. The van der Waals surface area contributed by atoms with Gasteiger partial charge >= 0.3 is 0 Å². The lowest BCUT2D eigenvalue weighted by molar-refractivity contribution is 0.476. The number of ether oxygens (including phenoxy) is 1. The number of rotatable bonds is 2. The third kappa shape index (κ3) is 3.35. The number of nitrogens with zero attached hydrogens (tertiary/aromatic N) is 1. The topological polar surface area (TPSA) is 59.0 Å². The minimum Gasteiger partial charge on any atom is -0.456 e. The Morgan fingerprint density at radius 1 is 1.05 bits per heavy atom. The van der Waals surface area contributed by atoms with Crippen LogP contribution in [-0.2, 0) is 5.41 Å². The average molecular weight is 280 g/mol. The maximum Gasteiger partial charge on any atom is 0.145 e. The summed E-state index contributed by atoms with van der Waals surface area (Å²) in [5.41, 5.74) is 9.08. The number of nitrogens with two attached hydrogens (primary N) is 1. The number of hydrogen-bond donors (Lipinski definition) is 1. The third-order valence-electron chi connectivity index (χ3n) is 3.38. The number of aryl methyl sites for hydroxylation is 1. The Morgan fingerprint density at radius 2 is 1.71 bits per heavy atom. The summed E-state index contributed by atoms with van der Waals surface area (Å²) >= 11 is 0. The van der Waals surface area contributed by atoms with Crippen molar-refractivity contribution in [1.82, 2.24) is 0 Å². The Morgan fingerprint density at radius 3 is 2.29 bits per heavy atom. The fourth-order valence-electron chi connectivity index (χ4n) is 2.07. The molecule has 0 aliphatic heterocycles. The monoisotopic (exact) mass is 280 g/mol. The Hall–Kier alpha value is -2.47. The van der Waals surface area contributed by atoms with Crippen molar-refractivity contribution >= 4 is 5.69 Å². The molecular weight excluding hydrogens is 260 g/mol. The van der Waals surface area contributed by atoms with Crippen molar-refractivity contribution < 1.29 is 4.74 Å². The quantitative estimate of drug-likeness (QED) is 0.822. The molecule has 0 aliphatic rings. The molecule has 0 fully saturated rings. The van der Waals surface area contributed by atoms with Crippen LogP contribution in [0, 0.1) is 18.3 Å². The van der Waals surface area contributed by atoms with Crippen molar-refractivity contribution in [2.24, 2.45) is 0 Å². The number of nitrogen functional groups attached to an aromatic ring is 1. The Labute approximate surface area is 126 Å². The van der Waals surface area contributed by atoms with Gasteiger partial charge in [-0.2, -0.15) is 5.26 Å². The van der Waals surface area contributed by atoms with Crippen LogP contribution in [0.2, 0.25) is 0 Å². The molecule has 2 rings (SSSR count). The molecule has 0 saturated carbocycles. The van der Waals surface area contributed by atoms with E-state index in [2.05, 4.69) is 39.0 Å². The van der Waals surface area contributed by atoms with Crippen LogP contribution in [-0.4, -0.2) is 0 Å². The van der Waals surface area contributed by atoms with E-state index in [9.17, 15) is 0 Å². The van der Waals surface area contributed by atoms with E-state index in [0.717, 1.165) is 11.3 Å². The lowest BCUT2D eigenvalue weighted by atomic mass is 9.86. The molecule has 0 spiro atoms. The van der Waals surface area contributed by atoms with E-state index in [-0.39, 0.29) is 5.41 Å². The van der Waals surface area contributed by atoms with Crippen molar-refractivity contribution in [2.45, 2.75) is 33.1 Å². The zero-order valence-electron chi connectivity index (χ0n) is 12.9. The first-order valence-electron chi connectivity index (χ1n) is 6.90. The molecule has 0 amide bonds. The normalized spacial score (nSPS) is 11.0. The van der Waals surface area contributed by atoms with Gasteiger partial charge in [0.1, 0.15) is 17.6 Å². The van der Waals surface area contributed by atoms with E-state index < -0.39 is 0 Å². The van der Waals surface area contributed by atoms with E-state index in [1.165, 1.54) is 5.56 Å². The first-order chi connectivity index (χ1) is 9.81. The van der Waals surface area contributed by atoms with Crippen LogP contribution in [0.25, 0.3) is 0 Å². The van der Waals surface area contributed by atoms with Crippen molar-refractivity contribution in [3.05, 3.63) is 53.1 Å². The molecule has 3 heteroatoms. The third-order valence-corrected chi connectivity index (χ3v) is 3.38. The molecule has 3 nitrogen and oxygen atoms in total. The van der Waals surface area contributed by atoms with Crippen LogP contribution in [0.1, 0.15) is 37.5 Å². The molecule has 2 aromatic rings. The molecule has 0 unspecified atom stereocenters. The van der Waals surface area contributed by atoms with E-state index in [0.29, 0.717) is 17.0 Å². The molecule has 0 radical (unpaired) electrons. The van der Waals surface area contributed by atoms with E-state index in [1.54, 1.807) is 18.2 Å². The Bertz CT molecular complexity index is 706. The van der Waals surface area contributed by atoms with Crippen LogP contribution in [0.3, 0.4) is 0 Å². The highest BCUT2D eigenvalue weighted by molar-refractivity contribution is 5.54. The molecule has 0 aliphatic carbocycles. The molecule has 2 N–H and O–H groups in total. The zero-order chi connectivity index (χ0) is 15.6. The highest BCUT2D eigenvalue weighted by Crippen LogP contribution is 2.32. The van der Waals surface area contributed by atoms with Crippen molar-refractivity contribution in [3.8, 4) is 17.6 Å². The molecule has 0 aromatic heterocycles. The minimum absolute atomic E-state index is 0.0995. The van der Waals surface area contributed by atoms with E-state index in [4.69, 9.17) is 15.7 Å². The average Bonchev–Trinajstić information content (AvgIpc) is 2.41. The van der Waals surface area contributed by atoms with Gasteiger partial charge in [-0.1, -0.05) is 32.9 Å². The second kappa shape index (κ2) is 5.49. The smallest absolute Gasteiger partial charge is 0.145 e. The van der Waals surface area contributed by atoms with Gasteiger partial charge in [-0.3, -0.25) is 0 Å². The molecule has 21 heavy (non-hydrogen) atoms. The minimum atomic E-state index is 0.0995. The van der Waals surface area contributed by atoms with Crippen LogP contribution < -0.4 is 10.5 Å². The van der Waals surface area contributed by atoms with E-state index in [1.807, 2.05) is 13.0 Å². The number of hydrogen-bond acceptors (Lipinski definition) is 3. The molecule has 0 saturated heterocycles. The summed E-state index contributed by atoms with van der Waals surface area (Å²) in [5.74, 6) is 1.28. The summed E-state index contributed by atoms with van der Waals surface area (Å²) in [7, 11) is 0. The van der Waals surface area contributed by atoms with Crippen LogP contribution in [0.5, 0.6) is 11.5 Å². The second-order valence-electron chi connectivity index (χ2n) is 6.20. The number of nitriles is 1. The first-order valence-corrected chi connectivity index (χ1v) is 6.90. The summed E-state index contributed by atoms with van der Waals surface area (Å²) in [5, 5.41) is 9.16. The van der Waals surface area contributed by atoms with Gasteiger partial charge < -0.3 is 10.5 Å². The highest BCUT2D eigenvalue weighted by Gasteiger charge is 2.15. The lowest BCUT2D eigenvalue weighted by Gasteiger charge is -2.20. The fraction of sp³-hybridized carbons (Fsp3) is 0.278. The SMILES string of the molecule is Cc1cc(C(C)(C)C)ccc1Oc1ccc(N)cc1C#N. The van der Waals surface area contributed by atoms with Crippen molar-refractivity contribution in [1.29, 1.82) is 5.26 Å². The number of anilines is 1. The summed E-state index contributed by atoms with van der Waals surface area (Å²) in [6.45, 7) is 8.54. The van der Waals surface area contributed by atoms with Gasteiger partial charge in [0.25, 0.3) is 0 Å². The predicted molar refractivity (Wildman–Crippen MR) is 85.5 cm³/mol. The standard InChI is InChI=1S/C18H20N2O/c1-12-9-14(18(2,3)4)5-7-16(12)21-17-8-6-15(20)10-13(17)11-19/h5-10H,20H2,1-4H3. The maximum absolute atomic E-state index is 9.16. The summed E-state index contributed by atoms with van der Waals surface area (Å²) in [4.78, 5) is 0. The zero-order valence-corrected chi connectivity index (χ0v) is 12.9. The van der Waals surface area contributed by atoms with Gasteiger partial charge in [0.15, 0.2) is 0 Å². The highest BCUT2D eigenvalue weighted by atomic mass is 16.5. The molecule has 0 bridgehead atoms. The van der Waals surface area contributed by atoms with Crippen molar-refractivity contribution in [3.63, 3.8) is 0 Å². The van der Waals surface area contributed by atoms with Gasteiger partial charge in [-0.25, -0.2) is 0 Å². The van der Waals surface area contributed by atoms with Gasteiger partial charge in [0, 0.05) is 5.69 Å². The summed E-state index contributed by atoms with van der Waals surface area (Å²) < 4.78 is 5.88. The number of benzene rings is 2. The van der Waals surface area contributed by atoms with Gasteiger partial charge in [0.05, 0.1) is 5.56 Å². The molecular formula is C18H20N2O. The van der Waals surface area contributed by atoms with Gasteiger partial charge in [0.2, 0.25) is 0 Å². The maximum atomic E-state index is 9.16. The van der Waals surface area contributed by atoms with Crippen LogP contribution in [0.4, 0.5) is 5.69 Å². The largest absolute Gasteiger partial charge is 0.456 e. The summed E-state index contributed by atoms with van der Waals surface area (Å²) in [6, 6.07) is 13.3. The Kier molecular flexibility index (Phi) is 3.90. The van der Waals surface area contributed by atoms with Gasteiger partial charge in [-0.05, 0) is 47.7 Å². The molecule has 2 aromatic carbocycles. The van der Waals surface area contributed by atoms with Crippen LogP contribution >= 0.6 is 0 Å². The fourth-order valence-corrected chi connectivity index (χ4v) is 2.07.